The molecule has 1 aromatic carbocycles. The van der Waals surface area contributed by atoms with Gasteiger partial charge in [-0.2, -0.15) is 5.10 Å². The van der Waals surface area contributed by atoms with Crippen molar-refractivity contribution in [3.8, 4) is 11.3 Å². The second-order valence-electron chi connectivity index (χ2n) is 5.02. The zero-order valence-corrected chi connectivity index (χ0v) is 10.9. The molecule has 1 heterocycles. The van der Waals surface area contributed by atoms with E-state index in [9.17, 15) is 4.39 Å². The molecule has 2 aromatic rings. The smallest absolute Gasteiger partial charge is 0.149 e. The van der Waals surface area contributed by atoms with E-state index in [0.717, 1.165) is 28.8 Å². The summed E-state index contributed by atoms with van der Waals surface area (Å²) in [6.07, 6.45) is 0.856. The summed E-state index contributed by atoms with van der Waals surface area (Å²) in [5.41, 5.74) is 9.64. The van der Waals surface area contributed by atoms with Gasteiger partial charge in [0.2, 0.25) is 0 Å². The van der Waals surface area contributed by atoms with Crippen molar-refractivity contribution in [1.29, 1.82) is 0 Å². The first-order chi connectivity index (χ1) is 8.49. The van der Waals surface area contributed by atoms with Crippen molar-refractivity contribution in [1.82, 2.24) is 10.2 Å². The summed E-state index contributed by atoms with van der Waals surface area (Å²) >= 11 is 0. The van der Waals surface area contributed by atoms with Gasteiger partial charge in [-0.1, -0.05) is 13.8 Å². The van der Waals surface area contributed by atoms with Crippen molar-refractivity contribution < 1.29 is 4.39 Å². The lowest BCUT2D eigenvalue weighted by atomic mass is 9.97. The summed E-state index contributed by atoms with van der Waals surface area (Å²) in [5, 5.41) is 7.03. The van der Waals surface area contributed by atoms with Crippen LogP contribution in [0.5, 0.6) is 0 Å². The number of nitrogens with zero attached hydrogens (tertiary/aromatic N) is 1. The first-order valence-electron chi connectivity index (χ1n) is 6.08. The van der Waals surface area contributed by atoms with Crippen LogP contribution in [0.1, 0.15) is 25.0 Å². The number of anilines is 1. The van der Waals surface area contributed by atoms with Gasteiger partial charge in [-0.05, 0) is 43.0 Å². The molecule has 18 heavy (non-hydrogen) atoms. The predicted octanol–water partition coefficient (Wildman–Crippen LogP) is 3.30. The SMILES string of the molecule is Cc1cc(F)ccc1-c1[nH]nc(N)c1CC(C)C. The Morgan fingerprint density at radius 3 is 2.72 bits per heavy atom. The highest BCUT2D eigenvalue weighted by Gasteiger charge is 2.15. The van der Waals surface area contributed by atoms with E-state index >= 15 is 0 Å². The summed E-state index contributed by atoms with van der Waals surface area (Å²) in [6, 6.07) is 4.74. The Labute approximate surface area is 106 Å². The summed E-state index contributed by atoms with van der Waals surface area (Å²) in [5.74, 6) is 0.793. The lowest BCUT2D eigenvalue weighted by molar-refractivity contribution is 0.626. The van der Waals surface area contributed by atoms with Crippen molar-refractivity contribution in [2.45, 2.75) is 27.2 Å². The van der Waals surface area contributed by atoms with E-state index in [2.05, 4.69) is 24.0 Å². The number of H-pyrrole nitrogens is 1. The van der Waals surface area contributed by atoms with E-state index in [1.54, 1.807) is 6.07 Å². The van der Waals surface area contributed by atoms with Crippen molar-refractivity contribution in [2.24, 2.45) is 5.92 Å². The fraction of sp³-hybridized carbons (Fsp3) is 0.357. The minimum Gasteiger partial charge on any atom is -0.382 e. The van der Waals surface area contributed by atoms with Crippen molar-refractivity contribution >= 4 is 5.82 Å². The van der Waals surface area contributed by atoms with E-state index in [4.69, 9.17) is 5.73 Å². The van der Waals surface area contributed by atoms with Gasteiger partial charge in [-0.15, -0.1) is 0 Å². The van der Waals surface area contributed by atoms with E-state index in [0.29, 0.717) is 11.7 Å². The number of aromatic nitrogens is 2. The fourth-order valence-corrected chi connectivity index (χ4v) is 2.12. The van der Waals surface area contributed by atoms with Gasteiger partial charge < -0.3 is 5.73 Å². The molecule has 3 nitrogen and oxygen atoms in total. The maximum atomic E-state index is 13.1. The minimum atomic E-state index is -0.228. The Balaban J connectivity index is 2.50. The first-order valence-corrected chi connectivity index (χ1v) is 6.08. The van der Waals surface area contributed by atoms with E-state index in [-0.39, 0.29) is 5.82 Å². The van der Waals surface area contributed by atoms with Gasteiger partial charge in [-0.25, -0.2) is 4.39 Å². The first kappa shape index (κ1) is 12.6. The molecule has 0 bridgehead atoms. The average Bonchev–Trinajstić information content (AvgIpc) is 2.60. The molecule has 0 aliphatic carbocycles. The summed E-state index contributed by atoms with van der Waals surface area (Å²) in [4.78, 5) is 0. The molecule has 2 rings (SSSR count). The molecule has 0 unspecified atom stereocenters. The molecular formula is C14H18FN3. The number of nitrogens with two attached hydrogens (primary N) is 1. The molecule has 1 aromatic heterocycles. The summed E-state index contributed by atoms with van der Waals surface area (Å²) < 4.78 is 13.1. The van der Waals surface area contributed by atoms with Gasteiger partial charge in [-0.3, -0.25) is 5.10 Å². The average molecular weight is 247 g/mol. The number of benzene rings is 1. The molecular weight excluding hydrogens is 229 g/mol. The van der Waals surface area contributed by atoms with Crippen LogP contribution in [0.3, 0.4) is 0 Å². The van der Waals surface area contributed by atoms with Crippen LogP contribution in [0, 0.1) is 18.7 Å². The van der Waals surface area contributed by atoms with E-state index in [1.165, 1.54) is 12.1 Å². The lowest BCUT2D eigenvalue weighted by Crippen LogP contribution is -1.99. The number of aromatic amines is 1. The van der Waals surface area contributed by atoms with Crippen LogP contribution >= 0.6 is 0 Å². The van der Waals surface area contributed by atoms with Gasteiger partial charge >= 0.3 is 0 Å². The number of nitrogens with one attached hydrogen (secondary N) is 1. The van der Waals surface area contributed by atoms with Crippen LogP contribution < -0.4 is 5.73 Å². The van der Waals surface area contributed by atoms with Crippen molar-refractivity contribution in [2.75, 3.05) is 5.73 Å². The maximum Gasteiger partial charge on any atom is 0.149 e. The number of nitrogen functional groups attached to an aromatic ring is 1. The Morgan fingerprint density at radius 1 is 1.39 bits per heavy atom. The second kappa shape index (κ2) is 4.80. The van der Waals surface area contributed by atoms with Crippen LogP contribution in [-0.4, -0.2) is 10.2 Å². The highest BCUT2D eigenvalue weighted by atomic mass is 19.1. The van der Waals surface area contributed by atoms with E-state index < -0.39 is 0 Å². The van der Waals surface area contributed by atoms with Gasteiger partial charge in [0, 0.05) is 11.1 Å². The van der Waals surface area contributed by atoms with Crippen LogP contribution in [0.15, 0.2) is 18.2 Å². The molecule has 0 atom stereocenters. The van der Waals surface area contributed by atoms with Crippen molar-refractivity contribution in [3.05, 3.63) is 35.1 Å². The molecule has 0 saturated heterocycles. The number of halogens is 1. The van der Waals surface area contributed by atoms with Gasteiger partial charge in [0.1, 0.15) is 11.6 Å². The molecule has 0 saturated carbocycles. The zero-order valence-electron chi connectivity index (χ0n) is 10.9. The minimum absolute atomic E-state index is 0.228. The van der Waals surface area contributed by atoms with Gasteiger partial charge in [0.15, 0.2) is 0 Å². The summed E-state index contributed by atoms with van der Waals surface area (Å²) in [6.45, 7) is 6.15. The Kier molecular flexibility index (Phi) is 3.36. The second-order valence-corrected chi connectivity index (χ2v) is 5.02. The molecule has 3 N–H and O–H groups in total. The van der Waals surface area contributed by atoms with Gasteiger partial charge in [0.25, 0.3) is 0 Å². The van der Waals surface area contributed by atoms with Crippen LogP contribution in [0.4, 0.5) is 10.2 Å². The summed E-state index contributed by atoms with van der Waals surface area (Å²) in [7, 11) is 0. The molecule has 0 radical (unpaired) electrons. The van der Waals surface area contributed by atoms with Crippen LogP contribution in [-0.2, 0) is 6.42 Å². The molecule has 4 heteroatoms. The molecule has 0 amide bonds. The highest BCUT2D eigenvalue weighted by molar-refractivity contribution is 5.70. The zero-order chi connectivity index (χ0) is 13.3. The third kappa shape index (κ3) is 2.37. The lowest BCUT2D eigenvalue weighted by Gasteiger charge is -2.09. The quantitative estimate of drug-likeness (QED) is 0.874. The Bertz CT molecular complexity index is 558. The molecule has 96 valence electrons. The third-order valence-electron chi connectivity index (χ3n) is 2.97. The van der Waals surface area contributed by atoms with Crippen LogP contribution in [0.25, 0.3) is 11.3 Å². The normalized spacial score (nSPS) is 11.2. The molecule has 0 aliphatic rings. The number of hydrogen-bond acceptors (Lipinski definition) is 2. The topological polar surface area (TPSA) is 54.7 Å². The maximum absolute atomic E-state index is 13.1. The van der Waals surface area contributed by atoms with E-state index in [1.807, 2.05) is 6.92 Å². The monoisotopic (exact) mass is 247 g/mol. The Morgan fingerprint density at radius 2 is 2.11 bits per heavy atom. The number of rotatable bonds is 3. The van der Waals surface area contributed by atoms with Gasteiger partial charge in [0.05, 0.1) is 5.69 Å². The molecule has 0 aliphatic heterocycles. The molecule has 0 spiro atoms. The fourth-order valence-electron chi connectivity index (χ4n) is 2.12. The largest absolute Gasteiger partial charge is 0.382 e. The number of aryl methyl sites for hydroxylation is 1. The Hall–Kier alpha value is -1.84. The van der Waals surface area contributed by atoms with Crippen molar-refractivity contribution in [3.63, 3.8) is 0 Å². The standard InChI is InChI=1S/C14H18FN3/c1-8(2)6-12-13(17-18-14(12)16)11-5-4-10(15)7-9(11)3/h4-5,7-8H,6H2,1-3H3,(H3,16,17,18). The highest BCUT2D eigenvalue weighted by Crippen LogP contribution is 2.30. The molecule has 0 fully saturated rings. The number of hydrogen-bond donors (Lipinski definition) is 2. The predicted molar refractivity (Wildman–Crippen MR) is 71.7 cm³/mol. The van der Waals surface area contributed by atoms with Crippen LogP contribution in [0.2, 0.25) is 0 Å². The third-order valence-corrected chi connectivity index (χ3v) is 2.97.